The van der Waals surface area contributed by atoms with Gasteiger partial charge in [0.25, 0.3) is 0 Å². The van der Waals surface area contributed by atoms with Crippen molar-refractivity contribution in [1.82, 2.24) is 9.80 Å². The summed E-state index contributed by atoms with van der Waals surface area (Å²) < 4.78 is 0. The van der Waals surface area contributed by atoms with Gasteiger partial charge in [-0.25, -0.2) is 0 Å². The summed E-state index contributed by atoms with van der Waals surface area (Å²) in [7, 11) is 0. The van der Waals surface area contributed by atoms with Crippen molar-refractivity contribution >= 4 is 11.8 Å². The van der Waals surface area contributed by atoms with Crippen molar-refractivity contribution in [1.29, 1.82) is 0 Å². The fourth-order valence-corrected chi connectivity index (χ4v) is 3.28. The van der Waals surface area contributed by atoms with Crippen LogP contribution in [-0.4, -0.2) is 66.6 Å². The first kappa shape index (κ1) is 13.7. The van der Waals surface area contributed by atoms with Gasteiger partial charge in [-0.1, -0.05) is 0 Å². The van der Waals surface area contributed by atoms with E-state index in [1.165, 1.54) is 57.6 Å². The Hall–Kier alpha value is 0.230. The Morgan fingerprint density at radius 1 is 1.24 bits per heavy atom. The Morgan fingerprint density at radius 2 is 1.94 bits per heavy atom. The van der Waals surface area contributed by atoms with E-state index in [0.29, 0.717) is 6.04 Å². The van der Waals surface area contributed by atoms with Crippen molar-refractivity contribution in [3.8, 4) is 0 Å². The van der Waals surface area contributed by atoms with Crippen LogP contribution in [-0.2, 0) is 0 Å². The van der Waals surface area contributed by atoms with Gasteiger partial charge in [0.2, 0.25) is 0 Å². The molecule has 0 aromatic heterocycles. The Kier molecular flexibility index (Phi) is 5.60. The van der Waals surface area contributed by atoms with Crippen LogP contribution in [0.1, 0.15) is 25.7 Å². The number of hydrogen-bond acceptors (Lipinski definition) is 4. The molecule has 0 aromatic rings. The summed E-state index contributed by atoms with van der Waals surface area (Å²) in [6.45, 7) is 5.83. The zero-order valence-corrected chi connectivity index (χ0v) is 11.9. The monoisotopic (exact) mass is 257 g/mol. The lowest BCUT2D eigenvalue weighted by atomic mass is 10.1. The Balaban J connectivity index is 1.68. The predicted octanol–water partition coefficient (Wildman–Crippen LogP) is 1.24. The lowest BCUT2D eigenvalue weighted by Crippen LogP contribution is -2.52. The predicted molar refractivity (Wildman–Crippen MR) is 76.6 cm³/mol. The first-order chi connectivity index (χ1) is 8.35. The van der Waals surface area contributed by atoms with Gasteiger partial charge in [-0.15, -0.1) is 0 Å². The molecule has 2 fully saturated rings. The van der Waals surface area contributed by atoms with Crippen molar-refractivity contribution < 1.29 is 0 Å². The highest BCUT2D eigenvalue weighted by atomic mass is 32.2. The first-order valence-electron chi connectivity index (χ1n) is 7.02. The van der Waals surface area contributed by atoms with Gasteiger partial charge in [0.05, 0.1) is 0 Å². The van der Waals surface area contributed by atoms with E-state index in [-0.39, 0.29) is 0 Å². The standard InChI is InChI=1S/C13H27N3S/c1-17-10-2-3-13(11-14)16-8-6-15(7-9-16)12-4-5-12/h12-13H,2-11,14H2,1H3. The highest BCUT2D eigenvalue weighted by Gasteiger charge is 2.32. The quantitative estimate of drug-likeness (QED) is 0.696. The van der Waals surface area contributed by atoms with Crippen LogP contribution in [0, 0.1) is 0 Å². The molecule has 17 heavy (non-hydrogen) atoms. The summed E-state index contributed by atoms with van der Waals surface area (Å²) in [6, 6.07) is 1.56. The van der Waals surface area contributed by atoms with Crippen LogP contribution in [0.3, 0.4) is 0 Å². The van der Waals surface area contributed by atoms with Gasteiger partial charge in [-0.3, -0.25) is 9.80 Å². The van der Waals surface area contributed by atoms with Crippen LogP contribution >= 0.6 is 11.8 Å². The highest BCUT2D eigenvalue weighted by Crippen LogP contribution is 2.27. The summed E-state index contributed by atoms with van der Waals surface area (Å²) in [4.78, 5) is 5.30. The molecule has 1 heterocycles. The third-order valence-corrected chi connectivity index (χ3v) is 4.78. The SMILES string of the molecule is CSCCCC(CN)N1CCN(C2CC2)CC1. The van der Waals surface area contributed by atoms with Crippen molar-refractivity contribution in [3.63, 3.8) is 0 Å². The molecule has 1 atom stereocenters. The minimum absolute atomic E-state index is 0.628. The van der Waals surface area contributed by atoms with E-state index >= 15 is 0 Å². The van der Waals surface area contributed by atoms with Crippen LogP contribution in [0.25, 0.3) is 0 Å². The molecule has 2 rings (SSSR count). The highest BCUT2D eigenvalue weighted by molar-refractivity contribution is 7.98. The van der Waals surface area contributed by atoms with E-state index in [1.807, 2.05) is 11.8 Å². The smallest absolute Gasteiger partial charge is 0.0219 e. The number of thioether (sulfide) groups is 1. The molecular weight excluding hydrogens is 230 g/mol. The fraction of sp³-hybridized carbons (Fsp3) is 1.00. The molecule has 1 aliphatic heterocycles. The summed E-state index contributed by atoms with van der Waals surface area (Å²) in [5.41, 5.74) is 5.93. The lowest BCUT2D eigenvalue weighted by Gasteiger charge is -2.39. The molecule has 0 radical (unpaired) electrons. The van der Waals surface area contributed by atoms with E-state index in [1.54, 1.807) is 0 Å². The van der Waals surface area contributed by atoms with Gasteiger partial charge in [-0.05, 0) is 37.7 Å². The number of nitrogens with zero attached hydrogens (tertiary/aromatic N) is 2. The Morgan fingerprint density at radius 3 is 2.47 bits per heavy atom. The van der Waals surface area contributed by atoms with Crippen LogP contribution < -0.4 is 5.73 Å². The topological polar surface area (TPSA) is 32.5 Å². The second kappa shape index (κ2) is 6.98. The molecule has 2 N–H and O–H groups in total. The van der Waals surface area contributed by atoms with Crippen LogP contribution in [0.2, 0.25) is 0 Å². The summed E-state index contributed by atoms with van der Waals surface area (Å²) in [6.07, 6.45) is 7.65. The lowest BCUT2D eigenvalue weighted by molar-refractivity contribution is 0.0903. The maximum Gasteiger partial charge on any atom is 0.0219 e. The summed E-state index contributed by atoms with van der Waals surface area (Å²) in [5.74, 6) is 1.28. The molecule has 0 amide bonds. The van der Waals surface area contributed by atoms with Crippen molar-refractivity contribution in [2.75, 3.05) is 44.7 Å². The van der Waals surface area contributed by atoms with Crippen molar-refractivity contribution in [2.45, 2.75) is 37.8 Å². The van der Waals surface area contributed by atoms with Crippen LogP contribution in [0.15, 0.2) is 0 Å². The average Bonchev–Trinajstić information content (AvgIpc) is 3.19. The molecule has 0 bridgehead atoms. The first-order valence-corrected chi connectivity index (χ1v) is 8.41. The maximum atomic E-state index is 5.93. The van der Waals surface area contributed by atoms with Gasteiger partial charge < -0.3 is 5.73 Å². The van der Waals surface area contributed by atoms with Crippen LogP contribution in [0.4, 0.5) is 0 Å². The van der Waals surface area contributed by atoms with E-state index in [0.717, 1.165) is 12.6 Å². The third-order valence-electron chi connectivity index (χ3n) is 4.09. The maximum absolute atomic E-state index is 5.93. The van der Waals surface area contributed by atoms with Gasteiger partial charge in [0, 0.05) is 44.8 Å². The normalized spacial score (nSPS) is 25.1. The average molecular weight is 257 g/mol. The molecule has 3 nitrogen and oxygen atoms in total. The Labute approximate surface area is 110 Å². The molecule has 1 saturated carbocycles. The number of rotatable bonds is 7. The Bertz CT molecular complexity index is 213. The van der Waals surface area contributed by atoms with Gasteiger partial charge in [0.15, 0.2) is 0 Å². The minimum atomic E-state index is 0.628. The fourth-order valence-electron chi connectivity index (χ4n) is 2.82. The largest absolute Gasteiger partial charge is 0.329 e. The second-order valence-corrected chi connectivity index (χ2v) is 6.31. The van der Waals surface area contributed by atoms with Gasteiger partial charge in [-0.2, -0.15) is 11.8 Å². The third kappa shape index (κ3) is 4.12. The van der Waals surface area contributed by atoms with E-state index in [2.05, 4.69) is 16.1 Å². The van der Waals surface area contributed by atoms with Gasteiger partial charge in [0.1, 0.15) is 0 Å². The van der Waals surface area contributed by atoms with E-state index in [4.69, 9.17) is 5.73 Å². The molecule has 4 heteroatoms. The molecule has 2 aliphatic rings. The molecule has 1 unspecified atom stereocenters. The minimum Gasteiger partial charge on any atom is -0.329 e. The van der Waals surface area contributed by atoms with Crippen LogP contribution in [0.5, 0.6) is 0 Å². The molecule has 1 aliphatic carbocycles. The van der Waals surface area contributed by atoms with E-state index in [9.17, 15) is 0 Å². The van der Waals surface area contributed by atoms with Crippen molar-refractivity contribution in [2.24, 2.45) is 5.73 Å². The second-order valence-electron chi connectivity index (χ2n) is 5.33. The molecule has 0 aromatic carbocycles. The van der Waals surface area contributed by atoms with Gasteiger partial charge >= 0.3 is 0 Å². The molecular formula is C13H27N3S. The zero-order valence-electron chi connectivity index (χ0n) is 11.1. The zero-order chi connectivity index (χ0) is 12.1. The summed E-state index contributed by atoms with van der Waals surface area (Å²) >= 11 is 1.95. The molecule has 0 spiro atoms. The molecule has 100 valence electrons. The number of nitrogens with two attached hydrogens (primary N) is 1. The summed E-state index contributed by atoms with van der Waals surface area (Å²) in [5, 5.41) is 0. The van der Waals surface area contributed by atoms with E-state index < -0.39 is 0 Å². The number of hydrogen-bond donors (Lipinski definition) is 1. The van der Waals surface area contributed by atoms with Crippen molar-refractivity contribution in [3.05, 3.63) is 0 Å². The molecule has 1 saturated heterocycles. The number of piperazine rings is 1.